The van der Waals surface area contributed by atoms with Crippen LogP contribution in [0.15, 0.2) is 12.4 Å². The van der Waals surface area contributed by atoms with Crippen molar-refractivity contribution in [1.29, 1.82) is 0 Å². The SMILES string of the molecule is Nc1cc(NC(=O)C2CC2)ncn1. The van der Waals surface area contributed by atoms with Crippen LogP contribution in [-0.2, 0) is 4.79 Å². The van der Waals surface area contributed by atoms with Crippen molar-refractivity contribution in [3.8, 4) is 0 Å². The molecule has 0 unspecified atom stereocenters. The third kappa shape index (κ3) is 1.93. The normalized spacial score (nSPS) is 15.4. The van der Waals surface area contributed by atoms with Gasteiger partial charge in [-0.05, 0) is 12.8 Å². The minimum Gasteiger partial charge on any atom is -0.384 e. The second-order valence-electron chi connectivity index (χ2n) is 3.09. The van der Waals surface area contributed by atoms with Gasteiger partial charge in [-0.1, -0.05) is 0 Å². The van der Waals surface area contributed by atoms with Crippen molar-refractivity contribution in [3.05, 3.63) is 12.4 Å². The van der Waals surface area contributed by atoms with E-state index in [4.69, 9.17) is 5.73 Å². The van der Waals surface area contributed by atoms with Crippen molar-refractivity contribution >= 4 is 17.5 Å². The highest BCUT2D eigenvalue weighted by molar-refractivity contribution is 5.93. The summed E-state index contributed by atoms with van der Waals surface area (Å²) < 4.78 is 0. The largest absolute Gasteiger partial charge is 0.384 e. The zero-order valence-corrected chi connectivity index (χ0v) is 7.03. The number of nitrogen functional groups attached to an aromatic ring is 1. The summed E-state index contributed by atoms with van der Waals surface area (Å²) in [5, 5.41) is 2.67. The lowest BCUT2D eigenvalue weighted by Gasteiger charge is -2.02. The standard InChI is InChI=1S/C8H10N4O/c9-6-3-7(11-4-10-6)12-8(13)5-1-2-5/h3-5H,1-2H2,(H3,9,10,11,12,13). The molecule has 0 bridgehead atoms. The first-order valence-electron chi connectivity index (χ1n) is 4.14. The molecule has 0 saturated heterocycles. The summed E-state index contributed by atoms with van der Waals surface area (Å²) >= 11 is 0. The Kier molecular flexibility index (Phi) is 1.84. The van der Waals surface area contributed by atoms with Crippen LogP contribution in [0.1, 0.15) is 12.8 Å². The lowest BCUT2D eigenvalue weighted by Crippen LogP contribution is -2.14. The highest BCUT2D eigenvalue weighted by Crippen LogP contribution is 2.29. The number of nitrogens with one attached hydrogen (secondary N) is 1. The molecule has 0 aromatic carbocycles. The quantitative estimate of drug-likeness (QED) is 0.687. The van der Waals surface area contributed by atoms with Gasteiger partial charge in [-0.15, -0.1) is 0 Å². The Morgan fingerprint density at radius 3 is 2.92 bits per heavy atom. The molecule has 13 heavy (non-hydrogen) atoms. The van der Waals surface area contributed by atoms with Gasteiger partial charge in [0.15, 0.2) is 0 Å². The molecule has 0 atom stereocenters. The van der Waals surface area contributed by atoms with E-state index in [1.807, 2.05) is 0 Å². The van der Waals surface area contributed by atoms with Crippen LogP contribution < -0.4 is 11.1 Å². The van der Waals surface area contributed by atoms with E-state index in [2.05, 4.69) is 15.3 Å². The van der Waals surface area contributed by atoms with Gasteiger partial charge in [0.1, 0.15) is 18.0 Å². The monoisotopic (exact) mass is 178 g/mol. The molecule has 1 aromatic rings. The Labute approximate surface area is 75.4 Å². The number of rotatable bonds is 2. The van der Waals surface area contributed by atoms with E-state index in [9.17, 15) is 4.79 Å². The lowest BCUT2D eigenvalue weighted by atomic mass is 10.4. The van der Waals surface area contributed by atoms with Crippen LogP contribution in [0, 0.1) is 5.92 Å². The zero-order chi connectivity index (χ0) is 9.26. The lowest BCUT2D eigenvalue weighted by molar-refractivity contribution is -0.117. The second kappa shape index (κ2) is 3.01. The first-order valence-corrected chi connectivity index (χ1v) is 4.14. The number of carbonyl (C=O) groups excluding carboxylic acids is 1. The smallest absolute Gasteiger partial charge is 0.228 e. The van der Waals surface area contributed by atoms with Gasteiger partial charge in [0.05, 0.1) is 0 Å². The predicted molar refractivity (Wildman–Crippen MR) is 47.8 cm³/mol. The van der Waals surface area contributed by atoms with E-state index in [-0.39, 0.29) is 11.8 Å². The second-order valence-corrected chi connectivity index (χ2v) is 3.09. The summed E-state index contributed by atoms with van der Waals surface area (Å²) in [5.41, 5.74) is 5.42. The molecule has 1 aromatic heterocycles. The molecule has 68 valence electrons. The van der Waals surface area contributed by atoms with Crippen molar-refractivity contribution in [1.82, 2.24) is 9.97 Å². The molecule has 1 amide bonds. The summed E-state index contributed by atoms with van der Waals surface area (Å²) in [5.74, 6) is 1.04. The maximum absolute atomic E-state index is 11.3. The number of hydrogen-bond acceptors (Lipinski definition) is 4. The molecule has 1 heterocycles. The summed E-state index contributed by atoms with van der Waals surface area (Å²) in [7, 11) is 0. The van der Waals surface area contributed by atoms with Gasteiger partial charge in [-0.2, -0.15) is 0 Å². The molecule has 2 rings (SSSR count). The first kappa shape index (κ1) is 7.97. The van der Waals surface area contributed by atoms with Gasteiger partial charge in [-0.3, -0.25) is 4.79 Å². The van der Waals surface area contributed by atoms with E-state index in [0.29, 0.717) is 11.6 Å². The van der Waals surface area contributed by atoms with E-state index < -0.39 is 0 Å². The molecule has 0 aliphatic heterocycles. The van der Waals surface area contributed by atoms with Crippen LogP contribution in [0.5, 0.6) is 0 Å². The van der Waals surface area contributed by atoms with E-state index >= 15 is 0 Å². The number of amides is 1. The average molecular weight is 178 g/mol. The minimum atomic E-state index is 0.0260. The molecule has 3 N–H and O–H groups in total. The molecule has 1 aliphatic rings. The zero-order valence-electron chi connectivity index (χ0n) is 7.03. The fraction of sp³-hybridized carbons (Fsp3) is 0.375. The fourth-order valence-corrected chi connectivity index (χ4v) is 1.01. The first-order chi connectivity index (χ1) is 6.25. The Bertz CT molecular complexity index is 335. The van der Waals surface area contributed by atoms with Crippen molar-refractivity contribution in [2.24, 2.45) is 5.92 Å². The van der Waals surface area contributed by atoms with Gasteiger partial charge in [0.25, 0.3) is 0 Å². The van der Waals surface area contributed by atoms with E-state index in [1.165, 1.54) is 6.33 Å². The number of anilines is 2. The minimum absolute atomic E-state index is 0.0260. The van der Waals surface area contributed by atoms with Gasteiger partial charge < -0.3 is 11.1 Å². The predicted octanol–water partition coefficient (Wildman–Crippen LogP) is 0.407. The maximum atomic E-state index is 11.3. The molecular formula is C8H10N4O. The van der Waals surface area contributed by atoms with Gasteiger partial charge >= 0.3 is 0 Å². The van der Waals surface area contributed by atoms with Crippen molar-refractivity contribution in [2.45, 2.75) is 12.8 Å². The number of aromatic nitrogens is 2. The molecule has 1 aliphatic carbocycles. The molecule has 1 fully saturated rings. The highest BCUT2D eigenvalue weighted by Gasteiger charge is 2.29. The summed E-state index contributed by atoms with van der Waals surface area (Å²) in [4.78, 5) is 18.9. The molecule has 5 nitrogen and oxygen atoms in total. The van der Waals surface area contributed by atoms with Crippen LogP contribution in [0.3, 0.4) is 0 Å². The third-order valence-corrected chi connectivity index (χ3v) is 1.89. The number of nitrogens with zero attached hydrogens (tertiary/aromatic N) is 2. The highest BCUT2D eigenvalue weighted by atomic mass is 16.2. The molecule has 0 radical (unpaired) electrons. The summed E-state index contributed by atoms with van der Waals surface area (Å²) in [6, 6.07) is 1.54. The maximum Gasteiger partial charge on any atom is 0.228 e. The van der Waals surface area contributed by atoms with Crippen LogP contribution in [-0.4, -0.2) is 15.9 Å². The molecular weight excluding hydrogens is 168 g/mol. The Hall–Kier alpha value is -1.65. The number of nitrogens with two attached hydrogens (primary N) is 1. The Balaban J connectivity index is 2.04. The van der Waals surface area contributed by atoms with Gasteiger partial charge in [0, 0.05) is 12.0 Å². The molecule has 0 spiro atoms. The van der Waals surface area contributed by atoms with E-state index in [1.54, 1.807) is 6.07 Å². The molecule has 1 saturated carbocycles. The van der Waals surface area contributed by atoms with Gasteiger partial charge in [-0.25, -0.2) is 9.97 Å². The number of carbonyl (C=O) groups is 1. The van der Waals surface area contributed by atoms with Crippen molar-refractivity contribution < 1.29 is 4.79 Å². The van der Waals surface area contributed by atoms with Crippen LogP contribution in [0.25, 0.3) is 0 Å². The van der Waals surface area contributed by atoms with Crippen molar-refractivity contribution in [3.63, 3.8) is 0 Å². The van der Waals surface area contributed by atoms with Crippen molar-refractivity contribution in [2.75, 3.05) is 11.1 Å². The Morgan fingerprint density at radius 2 is 2.31 bits per heavy atom. The number of hydrogen-bond donors (Lipinski definition) is 2. The topological polar surface area (TPSA) is 80.9 Å². The van der Waals surface area contributed by atoms with Crippen LogP contribution >= 0.6 is 0 Å². The fourth-order valence-electron chi connectivity index (χ4n) is 1.01. The van der Waals surface area contributed by atoms with Crippen LogP contribution in [0.2, 0.25) is 0 Å². The molecule has 5 heteroatoms. The van der Waals surface area contributed by atoms with E-state index in [0.717, 1.165) is 12.8 Å². The van der Waals surface area contributed by atoms with Crippen LogP contribution in [0.4, 0.5) is 11.6 Å². The summed E-state index contributed by atoms with van der Waals surface area (Å²) in [6.45, 7) is 0. The Morgan fingerprint density at radius 1 is 1.54 bits per heavy atom. The third-order valence-electron chi connectivity index (χ3n) is 1.89. The summed E-state index contributed by atoms with van der Waals surface area (Å²) in [6.07, 6.45) is 3.29. The van der Waals surface area contributed by atoms with Gasteiger partial charge in [0.2, 0.25) is 5.91 Å². The average Bonchev–Trinajstić information content (AvgIpc) is 2.85.